The van der Waals surface area contributed by atoms with E-state index in [-0.39, 0.29) is 0 Å². The van der Waals surface area contributed by atoms with Crippen molar-refractivity contribution in [1.29, 1.82) is 0 Å². The first-order valence-electron chi connectivity index (χ1n) is 7.86. The van der Waals surface area contributed by atoms with E-state index in [1.165, 1.54) is 44.5 Å². The third-order valence-corrected chi connectivity index (χ3v) is 4.32. The molecule has 2 heteroatoms. The maximum absolute atomic E-state index is 2.65. The molecule has 2 rings (SSSR count). The Morgan fingerprint density at radius 2 is 1.63 bits per heavy atom. The van der Waals surface area contributed by atoms with Gasteiger partial charge in [0.25, 0.3) is 0 Å². The fourth-order valence-electron chi connectivity index (χ4n) is 3.16. The zero-order valence-electron chi connectivity index (χ0n) is 12.5. The minimum absolute atomic E-state index is 0.550. The van der Waals surface area contributed by atoms with Crippen LogP contribution in [0.4, 0.5) is 0 Å². The summed E-state index contributed by atoms with van der Waals surface area (Å²) in [5.41, 5.74) is 1.47. The summed E-state index contributed by atoms with van der Waals surface area (Å²) in [4.78, 5) is 5.24. The molecule has 0 bridgehead atoms. The fraction of sp³-hybridized carbons (Fsp3) is 0.647. The highest BCUT2D eigenvalue weighted by Crippen LogP contribution is 2.23. The molecule has 1 heterocycles. The van der Waals surface area contributed by atoms with Gasteiger partial charge in [-0.25, -0.2) is 0 Å². The van der Waals surface area contributed by atoms with Crippen LogP contribution in [0.15, 0.2) is 30.3 Å². The number of hydrogen-bond acceptors (Lipinski definition) is 2. The van der Waals surface area contributed by atoms with Crippen LogP contribution in [-0.2, 0) is 0 Å². The van der Waals surface area contributed by atoms with Crippen molar-refractivity contribution in [2.24, 2.45) is 0 Å². The minimum Gasteiger partial charge on any atom is -0.301 e. The molecule has 19 heavy (non-hydrogen) atoms. The first kappa shape index (κ1) is 14.5. The van der Waals surface area contributed by atoms with Gasteiger partial charge in [0.15, 0.2) is 0 Å². The van der Waals surface area contributed by atoms with E-state index < -0.39 is 0 Å². The molecule has 0 saturated carbocycles. The standard InChI is InChI=1S/C17H28N2/c1-3-19(4-2)17(16-11-7-5-8-12-16)15-18-13-9-6-10-14-18/h5,7-8,11-12,17H,3-4,6,9-10,13-15H2,1-2H3/t17-/m1/s1. The Balaban J connectivity index is 2.09. The Hall–Kier alpha value is -0.860. The summed E-state index contributed by atoms with van der Waals surface area (Å²) in [7, 11) is 0. The van der Waals surface area contributed by atoms with Gasteiger partial charge in [-0.3, -0.25) is 4.90 Å². The van der Waals surface area contributed by atoms with Crippen LogP contribution in [0.2, 0.25) is 0 Å². The lowest BCUT2D eigenvalue weighted by molar-refractivity contribution is 0.133. The molecule has 1 saturated heterocycles. The fourth-order valence-corrected chi connectivity index (χ4v) is 3.16. The van der Waals surface area contributed by atoms with Crippen molar-refractivity contribution in [3.8, 4) is 0 Å². The predicted octanol–water partition coefficient (Wildman–Crippen LogP) is 3.56. The average Bonchev–Trinajstić information content (AvgIpc) is 2.49. The first-order valence-corrected chi connectivity index (χ1v) is 7.86. The van der Waals surface area contributed by atoms with Crippen molar-refractivity contribution in [3.05, 3.63) is 35.9 Å². The number of benzene rings is 1. The quantitative estimate of drug-likeness (QED) is 0.771. The molecule has 0 aliphatic carbocycles. The van der Waals surface area contributed by atoms with Crippen LogP contribution in [0.5, 0.6) is 0 Å². The summed E-state index contributed by atoms with van der Waals surface area (Å²) in [6.45, 7) is 10.6. The van der Waals surface area contributed by atoms with Crippen LogP contribution in [0, 0.1) is 0 Å². The van der Waals surface area contributed by atoms with Gasteiger partial charge in [0.05, 0.1) is 0 Å². The summed E-state index contributed by atoms with van der Waals surface area (Å²) in [5.74, 6) is 0. The van der Waals surface area contributed by atoms with E-state index in [1.807, 2.05) is 0 Å². The Kier molecular flexibility index (Phi) is 5.87. The van der Waals surface area contributed by atoms with E-state index in [2.05, 4.69) is 54.0 Å². The molecule has 1 fully saturated rings. The topological polar surface area (TPSA) is 6.48 Å². The van der Waals surface area contributed by atoms with E-state index in [4.69, 9.17) is 0 Å². The lowest BCUT2D eigenvalue weighted by atomic mass is 10.0. The van der Waals surface area contributed by atoms with Gasteiger partial charge in [-0.05, 0) is 44.6 Å². The van der Waals surface area contributed by atoms with E-state index in [0.717, 1.165) is 13.1 Å². The van der Waals surface area contributed by atoms with Gasteiger partial charge < -0.3 is 4.90 Å². The van der Waals surface area contributed by atoms with Crippen LogP contribution in [0.1, 0.15) is 44.7 Å². The second-order valence-corrected chi connectivity index (χ2v) is 5.51. The Morgan fingerprint density at radius 3 is 2.21 bits per heavy atom. The molecule has 0 N–H and O–H groups in total. The smallest absolute Gasteiger partial charge is 0.0474 e. The van der Waals surface area contributed by atoms with Crippen molar-refractivity contribution in [2.75, 3.05) is 32.7 Å². The molecule has 1 atom stereocenters. The molecule has 0 unspecified atom stereocenters. The molecule has 0 aromatic heterocycles. The predicted molar refractivity (Wildman–Crippen MR) is 82.4 cm³/mol. The number of likely N-dealkylation sites (tertiary alicyclic amines) is 1. The van der Waals surface area contributed by atoms with Gasteiger partial charge in [-0.2, -0.15) is 0 Å². The van der Waals surface area contributed by atoms with Crippen molar-refractivity contribution < 1.29 is 0 Å². The van der Waals surface area contributed by atoms with Gasteiger partial charge >= 0.3 is 0 Å². The number of hydrogen-bond donors (Lipinski definition) is 0. The van der Waals surface area contributed by atoms with Crippen LogP contribution < -0.4 is 0 Å². The molecule has 1 aromatic carbocycles. The number of nitrogens with zero attached hydrogens (tertiary/aromatic N) is 2. The number of piperidine rings is 1. The van der Waals surface area contributed by atoms with Crippen molar-refractivity contribution >= 4 is 0 Å². The van der Waals surface area contributed by atoms with E-state index in [1.54, 1.807) is 0 Å². The number of likely N-dealkylation sites (N-methyl/N-ethyl adjacent to an activating group) is 1. The lowest BCUT2D eigenvalue weighted by Crippen LogP contribution is -2.40. The molecular weight excluding hydrogens is 232 g/mol. The highest BCUT2D eigenvalue weighted by Gasteiger charge is 2.21. The summed E-state index contributed by atoms with van der Waals surface area (Å²) >= 11 is 0. The number of rotatable bonds is 6. The molecule has 0 amide bonds. The van der Waals surface area contributed by atoms with Crippen molar-refractivity contribution in [3.63, 3.8) is 0 Å². The molecule has 0 spiro atoms. The monoisotopic (exact) mass is 260 g/mol. The first-order chi connectivity index (χ1) is 9.35. The van der Waals surface area contributed by atoms with Crippen LogP contribution in [0.3, 0.4) is 0 Å². The molecule has 1 aliphatic rings. The molecular formula is C17H28N2. The second-order valence-electron chi connectivity index (χ2n) is 5.51. The summed E-state index contributed by atoms with van der Waals surface area (Å²) in [5, 5.41) is 0. The Morgan fingerprint density at radius 1 is 1.00 bits per heavy atom. The average molecular weight is 260 g/mol. The zero-order valence-corrected chi connectivity index (χ0v) is 12.5. The van der Waals surface area contributed by atoms with Crippen molar-refractivity contribution in [1.82, 2.24) is 9.80 Å². The molecule has 2 nitrogen and oxygen atoms in total. The summed E-state index contributed by atoms with van der Waals surface area (Å²) < 4.78 is 0. The maximum Gasteiger partial charge on any atom is 0.0474 e. The Bertz CT molecular complexity index is 340. The minimum atomic E-state index is 0.550. The zero-order chi connectivity index (χ0) is 13.5. The maximum atomic E-state index is 2.65. The van der Waals surface area contributed by atoms with Crippen LogP contribution in [-0.4, -0.2) is 42.5 Å². The largest absolute Gasteiger partial charge is 0.301 e. The van der Waals surface area contributed by atoms with Gasteiger partial charge in [0.1, 0.15) is 0 Å². The lowest BCUT2D eigenvalue weighted by Gasteiger charge is -2.36. The van der Waals surface area contributed by atoms with Crippen LogP contribution in [0.25, 0.3) is 0 Å². The Labute approximate surface area is 118 Å². The second kappa shape index (κ2) is 7.66. The van der Waals surface area contributed by atoms with E-state index in [9.17, 15) is 0 Å². The highest BCUT2D eigenvalue weighted by atomic mass is 15.2. The van der Waals surface area contributed by atoms with E-state index >= 15 is 0 Å². The highest BCUT2D eigenvalue weighted by molar-refractivity contribution is 5.19. The van der Waals surface area contributed by atoms with Crippen molar-refractivity contribution in [2.45, 2.75) is 39.2 Å². The molecule has 1 aromatic rings. The summed E-state index contributed by atoms with van der Waals surface area (Å²) in [6.07, 6.45) is 4.16. The van der Waals surface area contributed by atoms with Gasteiger partial charge in [0, 0.05) is 12.6 Å². The normalized spacial score (nSPS) is 18.7. The summed E-state index contributed by atoms with van der Waals surface area (Å²) in [6, 6.07) is 11.6. The van der Waals surface area contributed by atoms with Gasteiger partial charge in [-0.15, -0.1) is 0 Å². The molecule has 106 valence electrons. The van der Waals surface area contributed by atoms with Gasteiger partial charge in [0.2, 0.25) is 0 Å². The van der Waals surface area contributed by atoms with E-state index in [0.29, 0.717) is 6.04 Å². The third kappa shape index (κ3) is 4.05. The molecule has 1 aliphatic heterocycles. The van der Waals surface area contributed by atoms with Gasteiger partial charge in [-0.1, -0.05) is 50.6 Å². The molecule has 0 radical (unpaired) electrons. The van der Waals surface area contributed by atoms with Crippen LogP contribution >= 0.6 is 0 Å². The SMILES string of the molecule is CCN(CC)[C@H](CN1CCCCC1)c1ccccc1. The third-order valence-electron chi connectivity index (χ3n) is 4.32.